The van der Waals surface area contributed by atoms with Crippen LogP contribution in [0.3, 0.4) is 0 Å². The molecule has 1 aliphatic heterocycles. The molecule has 1 unspecified atom stereocenters. The van der Waals surface area contributed by atoms with Crippen LogP contribution in [0.25, 0.3) is 11.0 Å². The number of anilines is 3. The molecule has 1 aliphatic rings. The summed E-state index contributed by atoms with van der Waals surface area (Å²) in [6.07, 6.45) is 5.88. The Balaban J connectivity index is 1.30. The quantitative estimate of drug-likeness (QED) is 0.400. The third-order valence-electron chi connectivity index (χ3n) is 5.78. The molecule has 0 bridgehead atoms. The minimum absolute atomic E-state index is 0.454. The minimum Gasteiger partial charge on any atom is -0.355 e. The van der Waals surface area contributed by atoms with Gasteiger partial charge in [0.05, 0.1) is 5.39 Å². The molecule has 0 amide bonds. The average molecular weight is 411 g/mol. The highest BCUT2D eigenvalue weighted by molar-refractivity contribution is 5.87. The number of aromatic nitrogens is 3. The van der Waals surface area contributed by atoms with Gasteiger partial charge in [-0.25, -0.2) is 9.97 Å². The van der Waals surface area contributed by atoms with Gasteiger partial charge >= 0.3 is 0 Å². The lowest BCUT2D eigenvalue weighted by Crippen LogP contribution is -2.35. The second kappa shape index (κ2) is 8.52. The molecule has 2 aromatic carbocycles. The number of H-pyrrole nitrogens is 1. The Morgan fingerprint density at radius 2 is 1.84 bits per heavy atom. The van der Waals surface area contributed by atoms with Crippen LogP contribution in [0.2, 0.25) is 0 Å². The van der Waals surface area contributed by atoms with Gasteiger partial charge in [0.15, 0.2) is 0 Å². The van der Waals surface area contributed by atoms with Gasteiger partial charge in [-0.05, 0) is 48.7 Å². The molecule has 1 atom stereocenters. The maximum atomic E-state index is 4.59. The minimum atomic E-state index is 0.454. The van der Waals surface area contributed by atoms with Gasteiger partial charge in [-0.1, -0.05) is 36.9 Å². The lowest BCUT2D eigenvalue weighted by molar-refractivity contribution is 0.508. The van der Waals surface area contributed by atoms with E-state index in [-0.39, 0.29) is 0 Å². The van der Waals surface area contributed by atoms with Gasteiger partial charge in [-0.3, -0.25) is 0 Å². The van der Waals surface area contributed by atoms with Crippen molar-refractivity contribution in [2.75, 3.05) is 28.6 Å². The van der Waals surface area contributed by atoms with Crippen molar-refractivity contribution in [1.82, 2.24) is 15.0 Å². The van der Waals surface area contributed by atoms with Gasteiger partial charge in [-0.2, -0.15) is 0 Å². The van der Waals surface area contributed by atoms with Crippen molar-refractivity contribution in [3.8, 4) is 0 Å². The molecule has 6 heteroatoms. The topological polar surface area (TPSA) is 68.9 Å². The molecule has 3 heterocycles. The van der Waals surface area contributed by atoms with Crippen LogP contribution in [-0.4, -0.2) is 28.0 Å². The van der Waals surface area contributed by atoms with Crippen LogP contribution in [0.15, 0.2) is 85.6 Å². The molecule has 2 aromatic heterocycles. The second-order valence-corrected chi connectivity index (χ2v) is 7.94. The molecule has 0 saturated carbocycles. The van der Waals surface area contributed by atoms with E-state index in [0.717, 1.165) is 53.6 Å². The first kappa shape index (κ1) is 19.2. The number of hydrogen-bond acceptors (Lipinski definition) is 5. The van der Waals surface area contributed by atoms with Crippen LogP contribution in [0.5, 0.6) is 0 Å². The Kier molecular flexibility index (Phi) is 5.27. The lowest BCUT2D eigenvalue weighted by atomic mass is 9.90. The monoisotopic (exact) mass is 410 g/mol. The van der Waals surface area contributed by atoms with Crippen LogP contribution in [0, 0.1) is 0 Å². The highest BCUT2D eigenvalue weighted by Gasteiger charge is 2.24. The van der Waals surface area contributed by atoms with E-state index in [1.165, 1.54) is 12.0 Å². The number of nitrogens with one attached hydrogen (secondary N) is 3. The Morgan fingerprint density at radius 1 is 1.00 bits per heavy atom. The Bertz CT molecular complexity index is 1180. The summed E-state index contributed by atoms with van der Waals surface area (Å²) in [6.45, 7) is 6.08. The van der Waals surface area contributed by atoms with Crippen LogP contribution in [0.4, 0.5) is 17.2 Å². The van der Waals surface area contributed by atoms with E-state index in [0.29, 0.717) is 5.92 Å². The van der Waals surface area contributed by atoms with Crippen LogP contribution < -0.4 is 15.5 Å². The molecule has 1 saturated heterocycles. The fourth-order valence-corrected chi connectivity index (χ4v) is 4.32. The fraction of sp³-hybridized carbons (Fsp3) is 0.200. The van der Waals surface area contributed by atoms with E-state index in [4.69, 9.17) is 0 Å². The summed E-state index contributed by atoms with van der Waals surface area (Å²) < 4.78 is 0. The third-order valence-corrected chi connectivity index (χ3v) is 5.78. The number of piperidine rings is 1. The zero-order valence-corrected chi connectivity index (χ0v) is 17.4. The number of para-hydroxylation sites is 1. The summed E-state index contributed by atoms with van der Waals surface area (Å²) in [5.41, 5.74) is 4.28. The predicted molar refractivity (Wildman–Crippen MR) is 127 cm³/mol. The molecule has 5 rings (SSSR count). The summed E-state index contributed by atoms with van der Waals surface area (Å²) >= 11 is 0. The summed E-state index contributed by atoms with van der Waals surface area (Å²) in [6, 6.07) is 20.8. The van der Waals surface area contributed by atoms with Gasteiger partial charge < -0.3 is 20.5 Å². The summed E-state index contributed by atoms with van der Waals surface area (Å²) in [5.74, 6) is 2.23. The second-order valence-electron chi connectivity index (χ2n) is 7.94. The number of rotatable bonds is 6. The Morgan fingerprint density at radius 3 is 2.74 bits per heavy atom. The van der Waals surface area contributed by atoms with Crippen LogP contribution >= 0.6 is 0 Å². The van der Waals surface area contributed by atoms with Crippen molar-refractivity contribution in [3.63, 3.8) is 0 Å². The third kappa shape index (κ3) is 4.23. The smallest absolute Gasteiger partial charge is 0.142 e. The summed E-state index contributed by atoms with van der Waals surface area (Å²) in [7, 11) is 0. The van der Waals surface area contributed by atoms with E-state index in [1.54, 1.807) is 6.33 Å². The molecule has 156 valence electrons. The Hall–Kier alpha value is -3.80. The molecular formula is C25H26N6. The van der Waals surface area contributed by atoms with E-state index >= 15 is 0 Å². The normalized spacial score (nSPS) is 16.3. The first-order chi connectivity index (χ1) is 15.3. The molecule has 3 N–H and O–H groups in total. The maximum Gasteiger partial charge on any atom is 0.142 e. The molecular weight excluding hydrogens is 384 g/mol. The van der Waals surface area contributed by atoms with Crippen molar-refractivity contribution in [2.24, 2.45) is 0 Å². The standard InChI is InChI=1S/C25H26N6/c1-18(29-21-9-3-2-4-10-21)30-22-11-5-7-19(15-22)20-8-6-14-31(16-20)25-23-12-13-26-24(23)27-17-28-25/h2-5,7,9-13,15,17,20,29-30H,1,6,8,14,16H2,(H,26,27,28). The highest BCUT2D eigenvalue weighted by Crippen LogP contribution is 2.32. The predicted octanol–water partition coefficient (Wildman–Crippen LogP) is 5.34. The zero-order chi connectivity index (χ0) is 21.0. The highest BCUT2D eigenvalue weighted by atomic mass is 15.2. The van der Waals surface area contributed by atoms with Crippen LogP contribution in [-0.2, 0) is 0 Å². The zero-order valence-electron chi connectivity index (χ0n) is 17.4. The number of aromatic amines is 1. The molecule has 31 heavy (non-hydrogen) atoms. The Labute approximate surface area is 182 Å². The molecule has 1 fully saturated rings. The maximum absolute atomic E-state index is 4.59. The first-order valence-electron chi connectivity index (χ1n) is 10.7. The molecule has 0 radical (unpaired) electrons. The van der Waals surface area contributed by atoms with Crippen molar-refractivity contribution in [1.29, 1.82) is 0 Å². The largest absolute Gasteiger partial charge is 0.355 e. The van der Waals surface area contributed by atoms with Gasteiger partial charge in [0.2, 0.25) is 0 Å². The summed E-state index contributed by atoms with van der Waals surface area (Å²) in [5, 5.41) is 7.78. The van der Waals surface area contributed by atoms with Crippen molar-refractivity contribution in [2.45, 2.75) is 18.8 Å². The average Bonchev–Trinajstić information content (AvgIpc) is 3.29. The van der Waals surface area contributed by atoms with E-state index in [9.17, 15) is 0 Å². The SMILES string of the molecule is C=C(Nc1ccccc1)Nc1cccc(C2CCCN(c3ncnc4[nH]ccc34)C2)c1. The summed E-state index contributed by atoms with van der Waals surface area (Å²) in [4.78, 5) is 14.5. The number of hydrogen-bond donors (Lipinski definition) is 3. The molecule has 4 aromatic rings. The van der Waals surface area contributed by atoms with E-state index in [1.807, 2.05) is 36.5 Å². The van der Waals surface area contributed by atoms with Crippen LogP contribution in [0.1, 0.15) is 24.3 Å². The van der Waals surface area contributed by atoms with Crippen molar-refractivity contribution >= 4 is 28.2 Å². The van der Waals surface area contributed by atoms with E-state index < -0.39 is 0 Å². The van der Waals surface area contributed by atoms with Crippen molar-refractivity contribution in [3.05, 3.63) is 91.2 Å². The van der Waals surface area contributed by atoms with Gasteiger partial charge in [-0.15, -0.1) is 0 Å². The molecule has 6 nitrogen and oxygen atoms in total. The molecule has 0 aliphatic carbocycles. The number of benzene rings is 2. The fourth-order valence-electron chi connectivity index (χ4n) is 4.32. The number of nitrogens with zero attached hydrogens (tertiary/aromatic N) is 3. The first-order valence-corrected chi connectivity index (χ1v) is 10.7. The van der Waals surface area contributed by atoms with Gasteiger partial charge in [0.1, 0.15) is 23.6 Å². The number of fused-ring (bicyclic) bond motifs is 1. The lowest BCUT2D eigenvalue weighted by Gasteiger charge is -2.34. The molecule has 0 spiro atoms. The van der Waals surface area contributed by atoms with Gasteiger partial charge in [0, 0.05) is 36.6 Å². The van der Waals surface area contributed by atoms with Crippen molar-refractivity contribution < 1.29 is 0 Å². The van der Waals surface area contributed by atoms with E-state index in [2.05, 4.69) is 67.4 Å². The van der Waals surface area contributed by atoms with Gasteiger partial charge in [0.25, 0.3) is 0 Å².